The lowest BCUT2D eigenvalue weighted by atomic mass is 9.59. The third-order valence-electron chi connectivity index (χ3n) is 5.64. The van der Waals surface area contributed by atoms with Crippen molar-refractivity contribution in [1.29, 1.82) is 0 Å². The molecule has 1 spiro atoms. The highest BCUT2D eigenvalue weighted by Gasteiger charge is 2.56. The number of carbonyl (C=O) groups excluding carboxylic acids is 2. The van der Waals surface area contributed by atoms with Crippen LogP contribution in [0.3, 0.4) is 0 Å². The van der Waals surface area contributed by atoms with Crippen LogP contribution < -0.4 is 11.1 Å². The summed E-state index contributed by atoms with van der Waals surface area (Å²) in [4.78, 5) is 25.6. The molecule has 8 heteroatoms. The maximum Gasteiger partial charge on any atom is 0.314 e. The number of halogens is 2. The Labute approximate surface area is 154 Å². The SMILES string of the molecule is Cn1c(C(=O)NC2CCC23CN(C(N)=O)C3)cc2c(Cl)c(Cl)ccc21. The number of urea groups is 1. The average molecular weight is 381 g/mol. The van der Waals surface area contributed by atoms with Crippen molar-refractivity contribution in [2.45, 2.75) is 18.9 Å². The molecule has 1 atom stereocenters. The Bertz CT molecular complexity index is 902. The van der Waals surface area contributed by atoms with E-state index in [0.717, 1.165) is 23.7 Å². The first kappa shape index (κ1) is 16.5. The molecule has 25 heavy (non-hydrogen) atoms. The standard InChI is InChI=1S/C17H18Cl2N4O2/c1-22-11-3-2-10(18)14(19)9(11)6-12(22)15(24)21-13-4-5-17(13)7-23(8-17)16(20)25/h2-3,6,13H,4-5,7-8H2,1H3,(H2,20,25)(H,21,24). The van der Waals surface area contributed by atoms with Gasteiger partial charge in [-0.2, -0.15) is 0 Å². The summed E-state index contributed by atoms with van der Waals surface area (Å²) in [6, 6.07) is 5.00. The van der Waals surface area contributed by atoms with Gasteiger partial charge in [0.2, 0.25) is 0 Å². The number of carbonyl (C=O) groups is 2. The lowest BCUT2D eigenvalue weighted by molar-refractivity contribution is -0.0608. The highest BCUT2D eigenvalue weighted by molar-refractivity contribution is 6.45. The molecule has 6 nitrogen and oxygen atoms in total. The molecule has 2 heterocycles. The number of hydrogen-bond acceptors (Lipinski definition) is 2. The molecule has 2 fully saturated rings. The number of benzene rings is 1. The highest BCUT2D eigenvalue weighted by Crippen LogP contribution is 2.48. The van der Waals surface area contributed by atoms with E-state index in [2.05, 4.69) is 5.32 Å². The van der Waals surface area contributed by atoms with Gasteiger partial charge in [0.05, 0.1) is 10.0 Å². The first-order chi connectivity index (χ1) is 11.8. The monoisotopic (exact) mass is 380 g/mol. The number of primary amides is 1. The Balaban J connectivity index is 1.54. The van der Waals surface area contributed by atoms with Crippen molar-refractivity contribution < 1.29 is 9.59 Å². The number of fused-ring (bicyclic) bond motifs is 1. The second kappa shape index (κ2) is 5.54. The molecule has 1 aromatic heterocycles. The number of nitrogens with one attached hydrogen (secondary N) is 1. The summed E-state index contributed by atoms with van der Waals surface area (Å²) in [5.74, 6) is -0.146. The van der Waals surface area contributed by atoms with E-state index in [1.54, 1.807) is 17.0 Å². The fourth-order valence-electron chi connectivity index (χ4n) is 3.97. The van der Waals surface area contributed by atoms with Crippen LogP contribution in [-0.4, -0.2) is 40.5 Å². The predicted octanol–water partition coefficient (Wildman–Crippen LogP) is 2.76. The van der Waals surface area contributed by atoms with Crippen LogP contribution in [0.25, 0.3) is 10.9 Å². The number of likely N-dealkylation sites (tertiary alicyclic amines) is 1. The van der Waals surface area contributed by atoms with E-state index in [4.69, 9.17) is 28.9 Å². The molecule has 1 aliphatic carbocycles. The number of amides is 3. The zero-order valence-corrected chi connectivity index (χ0v) is 15.2. The van der Waals surface area contributed by atoms with Gasteiger partial charge in [0, 0.05) is 42.5 Å². The molecule has 132 valence electrons. The molecular weight excluding hydrogens is 363 g/mol. The maximum absolute atomic E-state index is 12.8. The quantitative estimate of drug-likeness (QED) is 0.839. The van der Waals surface area contributed by atoms with Gasteiger partial charge in [-0.1, -0.05) is 23.2 Å². The minimum absolute atomic E-state index is 0.0176. The molecule has 4 rings (SSSR count). The lowest BCUT2D eigenvalue weighted by Crippen LogP contribution is -2.72. The van der Waals surface area contributed by atoms with E-state index in [-0.39, 0.29) is 17.4 Å². The van der Waals surface area contributed by atoms with Gasteiger partial charge in [0.25, 0.3) is 5.91 Å². The minimum Gasteiger partial charge on any atom is -0.351 e. The number of nitrogens with two attached hydrogens (primary N) is 1. The Morgan fingerprint density at radius 1 is 1.32 bits per heavy atom. The van der Waals surface area contributed by atoms with E-state index < -0.39 is 6.03 Å². The maximum atomic E-state index is 12.8. The van der Waals surface area contributed by atoms with Crippen LogP contribution in [-0.2, 0) is 7.05 Å². The first-order valence-electron chi connectivity index (χ1n) is 8.11. The van der Waals surface area contributed by atoms with Crippen LogP contribution >= 0.6 is 23.2 Å². The largest absolute Gasteiger partial charge is 0.351 e. The number of nitrogens with zero attached hydrogens (tertiary/aromatic N) is 2. The van der Waals surface area contributed by atoms with Crippen molar-refractivity contribution >= 4 is 46.0 Å². The fourth-order valence-corrected chi connectivity index (χ4v) is 4.35. The van der Waals surface area contributed by atoms with E-state index in [0.29, 0.717) is 28.8 Å². The third-order valence-corrected chi connectivity index (χ3v) is 6.46. The summed E-state index contributed by atoms with van der Waals surface area (Å²) >= 11 is 12.3. The van der Waals surface area contributed by atoms with Crippen molar-refractivity contribution in [3.8, 4) is 0 Å². The number of aromatic nitrogens is 1. The van der Waals surface area contributed by atoms with E-state index in [1.807, 2.05) is 17.7 Å². The van der Waals surface area contributed by atoms with Crippen LogP contribution in [0, 0.1) is 5.41 Å². The zero-order valence-electron chi connectivity index (χ0n) is 13.7. The minimum atomic E-state index is -0.400. The van der Waals surface area contributed by atoms with Gasteiger partial charge >= 0.3 is 6.03 Å². The summed E-state index contributed by atoms with van der Waals surface area (Å²) in [6.45, 7) is 1.23. The summed E-state index contributed by atoms with van der Waals surface area (Å²) in [5, 5.41) is 4.78. The van der Waals surface area contributed by atoms with Crippen molar-refractivity contribution in [2.24, 2.45) is 18.2 Å². The molecule has 1 saturated heterocycles. The van der Waals surface area contributed by atoms with E-state index >= 15 is 0 Å². The Morgan fingerprint density at radius 3 is 2.64 bits per heavy atom. The van der Waals surface area contributed by atoms with Crippen molar-refractivity contribution in [2.75, 3.05) is 13.1 Å². The molecule has 1 saturated carbocycles. The molecule has 2 aromatic rings. The summed E-state index contributed by atoms with van der Waals surface area (Å²) in [5.41, 5.74) is 6.67. The van der Waals surface area contributed by atoms with Crippen molar-refractivity contribution in [3.63, 3.8) is 0 Å². The summed E-state index contributed by atoms with van der Waals surface area (Å²) in [7, 11) is 1.83. The molecular formula is C17H18Cl2N4O2. The van der Waals surface area contributed by atoms with Gasteiger partial charge in [-0.15, -0.1) is 0 Å². The second-order valence-electron chi connectivity index (χ2n) is 7.00. The molecule has 0 bridgehead atoms. The summed E-state index contributed by atoms with van der Waals surface area (Å²) < 4.78 is 1.81. The average Bonchev–Trinajstić information content (AvgIpc) is 2.83. The third kappa shape index (κ3) is 2.39. The van der Waals surface area contributed by atoms with E-state index in [1.165, 1.54) is 0 Å². The van der Waals surface area contributed by atoms with Crippen LogP contribution in [0.15, 0.2) is 18.2 Å². The van der Waals surface area contributed by atoms with Gasteiger partial charge in [-0.05, 0) is 31.0 Å². The Kier molecular flexibility index (Phi) is 3.67. The van der Waals surface area contributed by atoms with Crippen LogP contribution in [0.2, 0.25) is 10.0 Å². The smallest absolute Gasteiger partial charge is 0.314 e. The van der Waals surface area contributed by atoms with Crippen LogP contribution in [0.1, 0.15) is 23.3 Å². The van der Waals surface area contributed by atoms with Crippen molar-refractivity contribution in [1.82, 2.24) is 14.8 Å². The highest BCUT2D eigenvalue weighted by atomic mass is 35.5. The second-order valence-corrected chi connectivity index (χ2v) is 7.79. The molecule has 1 aliphatic heterocycles. The fraction of sp³-hybridized carbons (Fsp3) is 0.412. The Hall–Kier alpha value is -1.92. The summed E-state index contributed by atoms with van der Waals surface area (Å²) in [6.07, 6.45) is 1.91. The normalized spacial score (nSPS) is 21.1. The topological polar surface area (TPSA) is 80.4 Å². The van der Waals surface area contributed by atoms with Gasteiger partial charge in [0.15, 0.2) is 0 Å². The lowest BCUT2D eigenvalue weighted by Gasteiger charge is -2.60. The van der Waals surface area contributed by atoms with Gasteiger partial charge in [-0.25, -0.2) is 4.79 Å². The van der Waals surface area contributed by atoms with Gasteiger partial charge < -0.3 is 20.5 Å². The molecule has 1 aromatic carbocycles. The van der Waals surface area contributed by atoms with Gasteiger partial charge in [-0.3, -0.25) is 4.79 Å². The predicted molar refractivity (Wildman–Crippen MR) is 97.0 cm³/mol. The van der Waals surface area contributed by atoms with Crippen LogP contribution in [0.4, 0.5) is 4.79 Å². The first-order valence-corrected chi connectivity index (χ1v) is 8.87. The zero-order chi connectivity index (χ0) is 17.9. The van der Waals surface area contributed by atoms with Crippen LogP contribution in [0.5, 0.6) is 0 Å². The van der Waals surface area contributed by atoms with Gasteiger partial charge in [0.1, 0.15) is 5.69 Å². The molecule has 1 unspecified atom stereocenters. The molecule has 2 aliphatic rings. The van der Waals surface area contributed by atoms with Crippen molar-refractivity contribution in [3.05, 3.63) is 33.9 Å². The number of hydrogen-bond donors (Lipinski definition) is 2. The molecule has 0 radical (unpaired) electrons. The number of aryl methyl sites for hydroxylation is 1. The van der Waals surface area contributed by atoms with E-state index in [9.17, 15) is 9.59 Å². The number of rotatable bonds is 2. The molecule has 3 amide bonds. The Morgan fingerprint density at radius 2 is 2.04 bits per heavy atom. The molecule has 3 N–H and O–H groups in total.